The van der Waals surface area contributed by atoms with E-state index in [4.69, 9.17) is 4.74 Å². The molecule has 0 N–H and O–H groups in total. The van der Waals surface area contributed by atoms with Gasteiger partial charge in [-0.1, -0.05) is 51.4 Å². The van der Waals surface area contributed by atoms with Gasteiger partial charge in [0.1, 0.15) is 5.75 Å². The maximum atomic E-state index is 13.2. The Balaban J connectivity index is 1.09. The van der Waals surface area contributed by atoms with Crippen LogP contribution in [0.1, 0.15) is 136 Å². The first-order valence-electron chi connectivity index (χ1n) is 16.6. The van der Waals surface area contributed by atoms with Gasteiger partial charge in [0, 0.05) is 11.0 Å². The summed E-state index contributed by atoms with van der Waals surface area (Å²) in [5, 5.41) is 0. The Kier molecular flexibility index (Phi) is 9.15. The number of rotatable bonds is 4. The topological polar surface area (TPSA) is 26.3 Å². The van der Waals surface area contributed by atoms with E-state index in [-0.39, 0.29) is 16.8 Å². The van der Waals surface area contributed by atoms with E-state index in [2.05, 4.69) is 39.5 Å². The molecule has 4 saturated carbocycles. The summed E-state index contributed by atoms with van der Waals surface area (Å²) in [6.45, 7) is 9.30. The van der Waals surface area contributed by atoms with Gasteiger partial charge in [0.05, 0.1) is 5.41 Å². The lowest BCUT2D eigenvalue weighted by molar-refractivity contribution is -0.147. The standard InChI is InChI=1S/C37H54O2/c1-27-5-11-30(12-6-27)32-18-23-36(3,24-19-32)22-17-29-9-15-34(16-10-29)39-35(38)37(4)25-20-33(21-26-37)31-13-7-28(2)8-14-31/h9-10,15-16,27-28,30-33H,5-8,11-14,18-21,23-26H2,1-4H3. The zero-order valence-corrected chi connectivity index (χ0v) is 25.4. The molecule has 1 aromatic rings. The van der Waals surface area contributed by atoms with Crippen molar-refractivity contribution >= 4 is 5.97 Å². The predicted octanol–water partition coefficient (Wildman–Crippen LogP) is 9.99. The second-order valence-electron chi connectivity index (χ2n) is 15.0. The van der Waals surface area contributed by atoms with Crippen molar-refractivity contribution in [1.82, 2.24) is 0 Å². The molecule has 214 valence electrons. The lowest BCUT2D eigenvalue weighted by atomic mass is 9.65. The SMILES string of the molecule is CC1CCC(C2CCC(C)(C#Cc3ccc(OC(=O)C4(C)CCC(C5CCC(C)CC5)CC4)cc3)CC2)CC1. The van der Waals surface area contributed by atoms with Crippen LogP contribution in [0.15, 0.2) is 24.3 Å². The number of benzene rings is 1. The largest absolute Gasteiger partial charge is 0.426 e. The summed E-state index contributed by atoms with van der Waals surface area (Å²) in [5.74, 6) is 13.1. The first kappa shape index (κ1) is 28.8. The minimum absolute atomic E-state index is 0.0475. The first-order valence-corrected chi connectivity index (χ1v) is 16.6. The van der Waals surface area contributed by atoms with E-state index >= 15 is 0 Å². The highest BCUT2D eigenvalue weighted by molar-refractivity contribution is 5.78. The average Bonchev–Trinajstić information content (AvgIpc) is 2.95. The summed E-state index contributed by atoms with van der Waals surface area (Å²) in [6, 6.07) is 7.92. The van der Waals surface area contributed by atoms with Crippen LogP contribution in [-0.4, -0.2) is 5.97 Å². The predicted molar refractivity (Wildman–Crippen MR) is 161 cm³/mol. The van der Waals surface area contributed by atoms with Gasteiger partial charge in [-0.2, -0.15) is 0 Å². The molecule has 0 saturated heterocycles. The van der Waals surface area contributed by atoms with Crippen LogP contribution in [0.25, 0.3) is 0 Å². The van der Waals surface area contributed by atoms with Gasteiger partial charge >= 0.3 is 5.97 Å². The Morgan fingerprint density at radius 1 is 0.667 bits per heavy atom. The molecule has 2 heteroatoms. The molecule has 4 aliphatic rings. The molecule has 5 rings (SSSR count). The third-order valence-electron chi connectivity index (χ3n) is 11.8. The molecule has 4 fully saturated rings. The molecular formula is C37H54O2. The third-order valence-corrected chi connectivity index (χ3v) is 11.8. The van der Waals surface area contributed by atoms with E-state index in [1.54, 1.807) is 0 Å². The molecule has 4 aliphatic carbocycles. The molecule has 2 nitrogen and oxygen atoms in total. The van der Waals surface area contributed by atoms with Crippen LogP contribution in [0, 0.1) is 58.2 Å². The van der Waals surface area contributed by atoms with Gasteiger partial charge in [-0.3, -0.25) is 4.79 Å². The van der Waals surface area contributed by atoms with E-state index in [1.165, 1.54) is 89.9 Å². The molecule has 0 spiro atoms. The number of esters is 1. The van der Waals surface area contributed by atoms with Crippen LogP contribution in [0.5, 0.6) is 5.75 Å². The van der Waals surface area contributed by atoms with Crippen molar-refractivity contribution in [3.63, 3.8) is 0 Å². The molecule has 0 aliphatic heterocycles. The fourth-order valence-corrected chi connectivity index (χ4v) is 8.40. The maximum absolute atomic E-state index is 13.2. The first-order chi connectivity index (χ1) is 18.7. The molecule has 0 radical (unpaired) electrons. The second-order valence-corrected chi connectivity index (χ2v) is 15.0. The monoisotopic (exact) mass is 530 g/mol. The average molecular weight is 531 g/mol. The van der Waals surface area contributed by atoms with Crippen LogP contribution < -0.4 is 4.74 Å². The van der Waals surface area contributed by atoms with Gasteiger partial charge in [0.2, 0.25) is 0 Å². The Bertz CT molecular complexity index is 994. The van der Waals surface area contributed by atoms with Crippen molar-refractivity contribution in [2.45, 2.75) is 130 Å². The zero-order valence-electron chi connectivity index (χ0n) is 25.4. The van der Waals surface area contributed by atoms with Crippen LogP contribution in [0.2, 0.25) is 0 Å². The number of hydrogen-bond donors (Lipinski definition) is 0. The van der Waals surface area contributed by atoms with Crippen molar-refractivity contribution in [2.75, 3.05) is 0 Å². The molecule has 39 heavy (non-hydrogen) atoms. The molecule has 0 aromatic heterocycles. The van der Waals surface area contributed by atoms with Gasteiger partial charge in [0.15, 0.2) is 0 Å². The van der Waals surface area contributed by atoms with Crippen LogP contribution >= 0.6 is 0 Å². The summed E-state index contributed by atoms with van der Waals surface area (Å²) < 4.78 is 5.91. The van der Waals surface area contributed by atoms with Gasteiger partial charge in [0.25, 0.3) is 0 Å². The van der Waals surface area contributed by atoms with Crippen LogP contribution in [0.4, 0.5) is 0 Å². The lowest BCUT2D eigenvalue weighted by Gasteiger charge is -2.40. The molecule has 0 amide bonds. The summed E-state index contributed by atoms with van der Waals surface area (Å²) in [5.41, 5.74) is 0.806. The van der Waals surface area contributed by atoms with Gasteiger partial charge in [-0.05, 0) is 151 Å². The highest BCUT2D eigenvalue weighted by Crippen LogP contribution is 2.47. The Morgan fingerprint density at radius 2 is 1.10 bits per heavy atom. The van der Waals surface area contributed by atoms with Crippen molar-refractivity contribution in [3.05, 3.63) is 29.8 Å². The molecule has 0 unspecified atom stereocenters. The zero-order chi connectivity index (χ0) is 27.5. The minimum Gasteiger partial charge on any atom is -0.426 e. The maximum Gasteiger partial charge on any atom is 0.317 e. The van der Waals surface area contributed by atoms with Gasteiger partial charge < -0.3 is 4.74 Å². The van der Waals surface area contributed by atoms with E-state index in [0.717, 1.165) is 53.9 Å². The molecule has 0 heterocycles. The fraction of sp³-hybridized carbons (Fsp3) is 0.757. The van der Waals surface area contributed by atoms with Crippen molar-refractivity contribution in [2.24, 2.45) is 46.3 Å². The quantitative estimate of drug-likeness (QED) is 0.220. The molecule has 0 bridgehead atoms. The molecule has 1 aromatic carbocycles. The number of carbonyl (C=O) groups excluding carboxylic acids is 1. The Hall–Kier alpha value is -1.75. The van der Waals surface area contributed by atoms with E-state index in [0.29, 0.717) is 5.75 Å². The smallest absolute Gasteiger partial charge is 0.317 e. The van der Waals surface area contributed by atoms with E-state index in [1.807, 2.05) is 24.3 Å². The van der Waals surface area contributed by atoms with Crippen molar-refractivity contribution in [1.29, 1.82) is 0 Å². The van der Waals surface area contributed by atoms with Gasteiger partial charge in [-0.15, -0.1) is 0 Å². The number of carbonyl (C=O) groups is 1. The Morgan fingerprint density at radius 3 is 1.59 bits per heavy atom. The van der Waals surface area contributed by atoms with E-state index in [9.17, 15) is 4.79 Å². The fourth-order valence-electron chi connectivity index (χ4n) is 8.40. The molecular weight excluding hydrogens is 476 g/mol. The molecule has 0 atom stereocenters. The summed E-state index contributed by atoms with van der Waals surface area (Å²) in [6.07, 6.45) is 20.8. The number of hydrogen-bond acceptors (Lipinski definition) is 2. The van der Waals surface area contributed by atoms with E-state index < -0.39 is 0 Å². The highest BCUT2D eigenvalue weighted by atomic mass is 16.5. The lowest BCUT2D eigenvalue weighted by Crippen LogP contribution is -2.37. The summed E-state index contributed by atoms with van der Waals surface area (Å²) in [7, 11) is 0. The van der Waals surface area contributed by atoms with Gasteiger partial charge in [-0.25, -0.2) is 0 Å². The van der Waals surface area contributed by atoms with Crippen molar-refractivity contribution < 1.29 is 9.53 Å². The van der Waals surface area contributed by atoms with Crippen molar-refractivity contribution in [3.8, 4) is 17.6 Å². The highest BCUT2D eigenvalue weighted by Gasteiger charge is 2.41. The Labute approximate surface area is 239 Å². The second kappa shape index (κ2) is 12.4. The van der Waals surface area contributed by atoms with Crippen LogP contribution in [-0.2, 0) is 4.79 Å². The third kappa shape index (κ3) is 7.31. The summed E-state index contributed by atoms with van der Waals surface area (Å²) in [4.78, 5) is 13.2. The minimum atomic E-state index is -0.347. The normalized spacial score (nSPS) is 39.3. The summed E-state index contributed by atoms with van der Waals surface area (Å²) >= 11 is 0. The van der Waals surface area contributed by atoms with Crippen LogP contribution in [0.3, 0.4) is 0 Å². The number of ether oxygens (including phenoxy) is 1.